The number of carboxylic acids is 1. The molecule has 0 atom stereocenters. The molecule has 0 saturated carbocycles. The fourth-order valence-corrected chi connectivity index (χ4v) is 1.84. The molecule has 0 radical (unpaired) electrons. The van der Waals surface area contributed by atoms with E-state index in [2.05, 4.69) is 4.98 Å². The Morgan fingerprint density at radius 1 is 1.22 bits per heavy atom. The van der Waals surface area contributed by atoms with Gasteiger partial charge >= 0.3 is 5.97 Å². The van der Waals surface area contributed by atoms with Crippen molar-refractivity contribution in [1.82, 2.24) is 4.98 Å². The molecule has 0 spiro atoms. The first kappa shape index (κ1) is 12.1. The number of nitrogens with two attached hydrogens (primary N) is 1. The number of benzene rings is 1. The molecule has 4 heteroatoms. The molecule has 92 valence electrons. The van der Waals surface area contributed by atoms with E-state index in [1.54, 1.807) is 24.3 Å². The fraction of sp³-hybridized carbons (Fsp3) is 0.143. The SMILES string of the molecule is Cc1cc(C)c(N)c(-c2ccc(C(=O)O)cc2)n1. The lowest BCUT2D eigenvalue weighted by Crippen LogP contribution is -2.00. The van der Waals surface area contributed by atoms with Crippen LogP contribution in [0.1, 0.15) is 21.6 Å². The summed E-state index contributed by atoms with van der Waals surface area (Å²) in [6.07, 6.45) is 0. The Labute approximate surface area is 105 Å². The summed E-state index contributed by atoms with van der Waals surface area (Å²) in [4.78, 5) is 15.2. The van der Waals surface area contributed by atoms with Crippen LogP contribution in [0.3, 0.4) is 0 Å². The molecule has 1 aromatic heterocycles. The number of hydrogen-bond donors (Lipinski definition) is 2. The number of hydrogen-bond acceptors (Lipinski definition) is 3. The summed E-state index contributed by atoms with van der Waals surface area (Å²) < 4.78 is 0. The van der Waals surface area contributed by atoms with E-state index in [9.17, 15) is 4.79 Å². The second-order valence-electron chi connectivity index (χ2n) is 4.23. The van der Waals surface area contributed by atoms with Gasteiger partial charge in [-0.1, -0.05) is 12.1 Å². The summed E-state index contributed by atoms with van der Waals surface area (Å²) in [5, 5.41) is 8.85. The van der Waals surface area contributed by atoms with Crippen molar-refractivity contribution in [3.8, 4) is 11.3 Å². The van der Waals surface area contributed by atoms with Crippen molar-refractivity contribution in [2.75, 3.05) is 5.73 Å². The van der Waals surface area contributed by atoms with Crippen LogP contribution in [0.25, 0.3) is 11.3 Å². The standard InChI is InChI=1S/C14H14N2O2/c1-8-7-9(2)16-13(12(8)15)10-3-5-11(6-4-10)14(17)18/h3-7H,15H2,1-2H3,(H,17,18). The van der Waals surface area contributed by atoms with Crippen molar-refractivity contribution >= 4 is 11.7 Å². The summed E-state index contributed by atoms with van der Waals surface area (Å²) in [6.45, 7) is 3.83. The zero-order valence-electron chi connectivity index (χ0n) is 10.3. The number of anilines is 1. The van der Waals surface area contributed by atoms with E-state index in [1.165, 1.54) is 0 Å². The van der Waals surface area contributed by atoms with Gasteiger partial charge in [0.15, 0.2) is 0 Å². The van der Waals surface area contributed by atoms with Crippen molar-refractivity contribution in [2.24, 2.45) is 0 Å². The lowest BCUT2D eigenvalue weighted by molar-refractivity contribution is 0.0697. The van der Waals surface area contributed by atoms with Crippen LogP contribution in [-0.4, -0.2) is 16.1 Å². The Morgan fingerprint density at radius 3 is 2.39 bits per heavy atom. The number of pyridine rings is 1. The summed E-state index contributed by atoms with van der Waals surface area (Å²) in [5.41, 5.74) is 10.3. The molecular weight excluding hydrogens is 228 g/mol. The number of carboxylic acid groups (broad SMARTS) is 1. The lowest BCUT2D eigenvalue weighted by atomic mass is 10.0. The maximum absolute atomic E-state index is 10.8. The molecule has 0 fully saturated rings. The van der Waals surface area contributed by atoms with E-state index in [1.807, 2.05) is 19.9 Å². The molecule has 0 aliphatic rings. The van der Waals surface area contributed by atoms with Gasteiger partial charge in [-0.2, -0.15) is 0 Å². The molecular formula is C14H14N2O2. The average Bonchev–Trinajstić information content (AvgIpc) is 2.34. The van der Waals surface area contributed by atoms with E-state index in [-0.39, 0.29) is 5.56 Å². The zero-order valence-corrected chi connectivity index (χ0v) is 10.3. The normalized spacial score (nSPS) is 10.3. The van der Waals surface area contributed by atoms with Gasteiger partial charge in [0.25, 0.3) is 0 Å². The van der Waals surface area contributed by atoms with E-state index in [0.717, 1.165) is 16.8 Å². The van der Waals surface area contributed by atoms with Crippen molar-refractivity contribution in [1.29, 1.82) is 0 Å². The second-order valence-corrected chi connectivity index (χ2v) is 4.23. The smallest absolute Gasteiger partial charge is 0.335 e. The lowest BCUT2D eigenvalue weighted by Gasteiger charge is -2.09. The van der Waals surface area contributed by atoms with Gasteiger partial charge in [-0.3, -0.25) is 4.98 Å². The molecule has 0 unspecified atom stereocenters. The Bertz CT molecular complexity index is 604. The van der Waals surface area contributed by atoms with Gasteiger partial charge < -0.3 is 10.8 Å². The van der Waals surface area contributed by atoms with Crippen LogP contribution >= 0.6 is 0 Å². The van der Waals surface area contributed by atoms with E-state index >= 15 is 0 Å². The molecule has 1 heterocycles. The van der Waals surface area contributed by atoms with Gasteiger partial charge in [-0.25, -0.2) is 4.79 Å². The number of nitrogens with zero attached hydrogens (tertiary/aromatic N) is 1. The van der Waals surface area contributed by atoms with Crippen LogP contribution in [0.4, 0.5) is 5.69 Å². The van der Waals surface area contributed by atoms with E-state index in [0.29, 0.717) is 11.4 Å². The monoisotopic (exact) mass is 242 g/mol. The molecule has 4 nitrogen and oxygen atoms in total. The number of nitrogen functional groups attached to an aromatic ring is 1. The van der Waals surface area contributed by atoms with Crippen LogP contribution in [0.15, 0.2) is 30.3 Å². The van der Waals surface area contributed by atoms with Gasteiger partial charge in [0, 0.05) is 11.3 Å². The number of aryl methyl sites for hydroxylation is 2. The molecule has 2 rings (SSSR count). The first-order valence-electron chi connectivity index (χ1n) is 5.56. The van der Waals surface area contributed by atoms with Crippen LogP contribution in [-0.2, 0) is 0 Å². The largest absolute Gasteiger partial charge is 0.478 e. The van der Waals surface area contributed by atoms with Gasteiger partial charge in [0.05, 0.1) is 16.9 Å². The maximum Gasteiger partial charge on any atom is 0.335 e. The van der Waals surface area contributed by atoms with Gasteiger partial charge in [-0.05, 0) is 37.6 Å². The summed E-state index contributed by atoms with van der Waals surface area (Å²) >= 11 is 0. The minimum Gasteiger partial charge on any atom is -0.478 e. The van der Waals surface area contributed by atoms with Crippen LogP contribution in [0.5, 0.6) is 0 Å². The third-order valence-electron chi connectivity index (χ3n) is 2.80. The molecule has 0 amide bonds. The van der Waals surface area contributed by atoms with Crippen molar-refractivity contribution in [2.45, 2.75) is 13.8 Å². The Kier molecular flexibility index (Phi) is 3.02. The Morgan fingerprint density at radius 2 is 1.83 bits per heavy atom. The minimum atomic E-state index is -0.942. The molecule has 0 bridgehead atoms. The molecule has 0 saturated heterocycles. The number of aromatic carboxylic acids is 1. The third kappa shape index (κ3) is 2.18. The molecule has 3 N–H and O–H groups in total. The van der Waals surface area contributed by atoms with Crippen molar-refractivity contribution < 1.29 is 9.90 Å². The summed E-state index contributed by atoms with van der Waals surface area (Å²) in [7, 11) is 0. The van der Waals surface area contributed by atoms with Crippen LogP contribution < -0.4 is 5.73 Å². The Balaban J connectivity index is 2.52. The number of rotatable bonds is 2. The zero-order chi connectivity index (χ0) is 13.3. The van der Waals surface area contributed by atoms with Crippen molar-refractivity contribution in [3.05, 3.63) is 47.2 Å². The number of aromatic nitrogens is 1. The first-order chi connectivity index (χ1) is 8.49. The van der Waals surface area contributed by atoms with Crippen LogP contribution in [0.2, 0.25) is 0 Å². The van der Waals surface area contributed by atoms with Crippen molar-refractivity contribution in [3.63, 3.8) is 0 Å². The van der Waals surface area contributed by atoms with E-state index in [4.69, 9.17) is 10.8 Å². The predicted octanol–water partition coefficient (Wildman–Crippen LogP) is 2.65. The topological polar surface area (TPSA) is 76.2 Å². The summed E-state index contributed by atoms with van der Waals surface area (Å²) in [6, 6.07) is 8.47. The van der Waals surface area contributed by atoms with E-state index < -0.39 is 5.97 Å². The molecule has 18 heavy (non-hydrogen) atoms. The Hall–Kier alpha value is -2.36. The molecule has 0 aliphatic carbocycles. The fourth-order valence-electron chi connectivity index (χ4n) is 1.84. The number of carbonyl (C=O) groups is 1. The highest BCUT2D eigenvalue weighted by Crippen LogP contribution is 2.27. The third-order valence-corrected chi connectivity index (χ3v) is 2.80. The maximum atomic E-state index is 10.8. The quantitative estimate of drug-likeness (QED) is 0.848. The molecule has 0 aliphatic heterocycles. The average molecular weight is 242 g/mol. The highest BCUT2D eigenvalue weighted by molar-refractivity contribution is 5.88. The molecule has 2 aromatic rings. The minimum absolute atomic E-state index is 0.252. The first-order valence-corrected chi connectivity index (χ1v) is 5.56. The van der Waals surface area contributed by atoms with Crippen LogP contribution in [0, 0.1) is 13.8 Å². The predicted molar refractivity (Wildman–Crippen MR) is 70.5 cm³/mol. The highest BCUT2D eigenvalue weighted by Gasteiger charge is 2.09. The van der Waals surface area contributed by atoms with Gasteiger partial charge in [0.1, 0.15) is 0 Å². The summed E-state index contributed by atoms with van der Waals surface area (Å²) in [5.74, 6) is -0.942. The van der Waals surface area contributed by atoms with Gasteiger partial charge in [0.2, 0.25) is 0 Å². The second kappa shape index (κ2) is 4.49. The van der Waals surface area contributed by atoms with Gasteiger partial charge in [-0.15, -0.1) is 0 Å². The molecule has 1 aromatic carbocycles. The highest BCUT2D eigenvalue weighted by atomic mass is 16.4.